The molecule has 0 amide bonds. The van der Waals surface area contributed by atoms with Crippen LogP contribution in [-0.4, -0.2) is 11.3 Å². The number of benzene rings is 1. The highest BCUT2D eigenvalue weighted by Crippen LogP contribution is 2.25. The maximum atomic E-state index is 12.0. The summed E-state index contributed by atoms with van der Waals surface area (Å²) in [5.74, 6) is 0.0844. The van der Waals surface area contributed by atoms with Crippen molar-refractivity contribution in [2.75, 3.05) is 11.1 Å². The molecule has 0 bridgehead atoms. The first-order valence-corrected chi connectivity index (χ1v) is 5.75. The maximum Gasteiger partial charge on any atom is 0.573 e. The van der Waals surface area contributed by atoms with E-state index in [2.05, 4.69) is 15.0 Å². The number of hydrogen-bond acceptors (Lipinski definition) is 4. The molecule has 0 radical (unpaired) electrons. The number of rotatable bonds is 3. The van der Waals surface area contributed by atoms with Gasteiger partial charge in [0.1, 0.15) is 16.7 Å². The molecule has 0 unspecified atom stereocenters. The SMILES string of the molecule is Nc1cc(Cl)nc(Nc2ccc(OC(F)(F)F)cc2)c1. The highest BCUT2D eigenvalue weighted by atomic mass is 35.5. The molecule has 0 saturated heterocycles. The van der Waals surface area contributed by atoms with Crippen molar-refractivity contribution >= 4 is 28.8 Å². The van der Waals surface area contributed by atoms with Crippen LogP contribution < -0.4 is 15.8 Å². The first kappa shape index (κ1) is 14.3. The minimum absolute atomic E-state index is 0.213. The number of nitrogens with zero attached hydrogens (tertiary/aromatic N) is 1. The lowest BCUT2D eigenvalue weighted by Crippen LogP contribution is -2.16. The summed E-state index contributed by atoms with van der Waals surface area (Å²) < 4.78 is 39.8. The van der Waals surface area contributed by atoms with Crippen LogP contribution >= 0.6 is 11.6 Å². The normalized spacial score (nSPS) is 11.2. The number of nitrogen functional groups attached to an aromatic ring is 1. The molecule has 106 valence electrons. The molecule has 0 aliphatic rings. The number of nitrogens with two attached hydrogens (primary N) is 1. The van der Waals surface area contributed by atoms with Crippen molar-refractivity contribution in [3.63, 3.8) is 0 Å². The average Bonchev–Trinajstić information content (AvgIpc) is 2.28. The van der Waals surface area contributed by atoms with Crippen LogP contribution in [0, 0.1) is 0 Å². The second-order valence-corrected chi connectivity index (χ2v) is 4.19. The predicted molar refractivity (Wildman–Crippen MR) is 70.1 cm³/mol. The Morgan fingerprint density at radius 3 is 2.35 bits per heavy atom. The monoisotopic (exact) mass is 303 g/mol. The van der Waals surface area contributed by atoms with Gasteiger partial charge in [0.25, 0.3) is 0 Å². The molecule has 0 aliphatic carbocycles. The molecule has 2 aromatic rings. The predicted octanol–water partition coefficient (Wildman–Crippen LogP) is 3.96. The molecule has 0 saturated carbocycles. The lowest BCUT2D eigenvalue weighted by molar-refractivity contribution is -0.274. The summed E-state index contributed by atoms with van der Waals surface area (Å²) in [5.41, 5.74) is 6.54. The molecule has 0 spiro atoms. The van der Waals surface area contributed by atoms with E-state index in [9.17, 15) is 13.2 Å². The van der Waals surface area contributed by atoms with Crippen LogP contribution in [0.4, 0.5) is 30.4 Å². The molecule has 1 aromatic heterocycles. The molecule has 0 fully saturated rings. The van der Waals surface area contributed by atoms with E-state index in [1.165, 1.54) is 30.3 Å². The topological polar surface area (TPSA) is 60.2 Å². The Balaban J connectivity index is 2.10. The molecule has 1 aromatic carbocycles. The summed E-state index contributed by atoms with van der Waals surface area (Å²) in [6.45, 7) is 0. The number of anilines is 3. The van der Waals surface area contributed by atoms with E-state index in [0.717, 1.165) is 0 Å². The third-order valence-electron chi connectivity index (χ3n) is 2.18. The van der Waals surface area contributed by atoms with Crippen LogP contribution in [0.15, 0.2) is 36.4 Å². The summed E-state index contributed by atoms with van der Waals surface area (Å²) in [7, 11) is 0. The molecular formula is C12H9ClF3N3O. The second-order valence-electron chi connectivity index (χ2n) is 3.81. The zero-order valence-corrected chi connectivity index (χ0v) is 10.7. The Hall–Kier alpha value is -2.15. The van der Waals surface area contributed by atoms with Gasteiger partial charge in [-0.25, -0.2) is 4.98 Å². The Morgan fingerprint density at radius 1 is 1.15 bits per heavy atom. The Morgan fingerprint density at radius 2 is 1.80 bits per heavy atom. The quantitative estimate of drug-likeness (QED) is 0.843. The molecule has 4 nitrogen and oxygen atoms in total. The number of nitrogens with one attached hydrogen (secondary N) is 1. The van der Waals surface area contributed by atoms with Gasteiger partial charge in [-0.2, -0.15) is 0 Å². The lowest BCUT2D eigenvalue weighted by atomic mass is 10.3. The molecule has 8 heteroatoms. The first-order valence-electron chi connectivity index (χ1n) is 5.38. The van der Waals surface area contributed by atoms with E-state index in [1.54, 1.807) is 6.07 Å². The van der Waals surface area contributed by atoms with Gasteiger partial charge in [-0.1, -0.05) is 11.6 Å². The Kier molecular flexibility index (Phi) is 3.89. The van der Waals surface area contributed by atoms with Gasteiger partial charge in [0.15, 0.2) is 0 Å². The van der Waals surface area contributed by atoms with E-state index >= 15 is 0 Å². The van der Waals surface area contributed by atoms with Crippen LogP contribution in [0.3, 0.4) is 0 Å². The van der Waals surface area contributed by atoms with Crippen molar-refractivity contribution < 1.29 is 17.9 Å². The van der Waals surface area contributed by atoms with Gasteiger partial charge >= 0.3 is 6.36 Å². The van der Waals surface area contributed by atoms with Crippen molar-refractivity contribution in [2.45, 2.75) is 6.36 Å². The van der Waals surface area contributed by atoms with Crippen LogP contribution in [0.1, 0.15) is 0 Å². The van der Waals surface area contributed by atoms with Gasteiger partial charge in [0.05, 0.1) is 0 Å². The maximum absolute atomic E-state index is 12.0. The van der Waals surface area contributed by atoms with Crippen LogP contribution in [0.25, 0.3) is 0 Å². The molecule has 3 N–H and O–H groups in total. The van der Waals surface area contributed by atoms with E-state index in [0.29, 0.717) is 17.2 Å². The third kappa shape index (κ3) is 4.20. The molecule has 2 rings (SSSR count). The van der Waals surface area contributed by atoms with Crippen molar-refractivity contribution in [2.24, 2.45) is 0 Å². The zero-order valence-electron chi connectivity index (χ0n) is 9.91. The Labute approximate surface area is 117 Å². The first-order chi connectivity index (χ1) is 9.32. The number of aromatic nitrogens is 1. The van der Waals surface area contributed by atoms with Crippen molar-refractivity contribution in [3.05, 3.63) is 41.6 Å². The zero-order chi connectivity index (χ0) is 14.8. The fourth-order valence-electron chi connectivity index (χ4n) is 1.47. The van der Waals surface area contributed by atoms with Gasteiger partial charge in [-0.15, -0.1) is 13.2 Å². The van der Waals surface area contributed by atoms with E-state index in [1.807, 2.05) is 0 Å². The molecular weight excluding hydrogens is 295 g/mol. The molecule has 0 aliphatic heterocycles. The highest BCUT2D eigenvalue weighted by Gasteiger charge is 2.30. The van der Waals surface area contributed by atoms with Gasteiger partial charge in [0.2, 0.25) is 0 Å². The van der Waals surface area contributed by atoms with E-state index < -0.39 is 6.36 Å². The van der Waals surface area contributed by atoms with Crippen molar-refractivity contribution in [1.29, 1.82) is 0 Å². The number of hydrogen-bond donors (Lipinski definition) is 2. The van der Waals surface area contributed by atoms with Gasteiger partial charge < -0.3 is 15.8 Å². The van der Waals surface area contributed by atoms with E-state index in [4.69, 9.17) is 17.3 Å². The summed E-state index contributed by atoms with van der Waals surface area (Å²) in [4.78, 5) is 3.97. The van der Waals surface area contributed by atoms with E-state index in [-0.39, 0.29) is 10.9 Å². The fourth-order valence-corrected chi connectivity index (χ4v) is 1.69. The van der Waals surface area contributed by atoms with Crippen LogP contribution in [0.2, 0.25) is 5.15 Å². The summed E-state index contributed by atoms with van der Waals surface area (Å²) in [6, 6.07) is 8.23. The van der Waals surface area contributed by atoms with Crippen molar-refractivity contribution in [1.82, 2.24) is 4.98 Å². The summed E-state index contributed by atoms with van der Waals surface area (Å²) >= 11 is 5.74. The van der Waals surface area contributed by atoms with Gasteiger partial charge in [-0.05, 0) is 30.3 Å². The molecule has 1 heterocycles. The third-order valence-corrected chi connectivity index (χ3v) is 2.37. The number of alkyl halides is 3. The minimum Gasteiger partial charge on any atom is -0.406 e. The summed E-state index contributed by atoms with van der Waals surface area (Å²) in [5, 5.41) is 3.08. The standard InChI is InChI=1S/C12H9ClF3N3O/c13-10-5-7(17)6-11(19-10)18-8-1-3-9(4-2-8)20-12(14,15)16/h1-6H,(H3,17,18,19). The largest absolute Gasteiger partial charge is 0.573 e. The smallest absolute Gasteiger partial charge is 0.406 e. The van der Waals surface area contributed by atoms with Gasteiger partial charge in [0, 0.05) is 17.4 Å². The van der Waals surface area contributed by atoms with Gasteiger partial charge in [-0.3, -0.25) is 0 Å². The number of pyridine rings is 1. The van der Waals surface area contributed by atoms with Crippen LogP contribution in [0.5, 0.6) is 5.75 Å². The second kappa shape index (κ2) is 5.46. The highest BCUT2D eigenvalue weighted by molar-refractivity contribution is 6.29. The average molecular weight is 304 g/mol. The number of halogens is 4. The van der Waals surface area contributed by atoms with Crippen molar-refractivity contribution in [3.8, 4) is 5.75 Å². The summed E-state index contributed by atoms with van der Waals surface area (Å²) in [6.07, 6.45) is -4.71. The fraction of sp³-hybridized carbons (Fsp3) is 0.0833. The minimum atomic E-state index is -4.71. The van der Waals surface area contributed by atoms with Crippen LogP contribution in [-0.2, 0) is 0 Å². The lowest BCUT2D eigenvalue weighted by Gasteiger charge is -2.10. The molecule has 20 heavy (non-hydrogen) atoms. The number of ether oxygens (including phenoxy) is 1. The Bertz CT molecular complexity index is 582. The molecule has 0 atom stereocenters.